The summed E-state index contributed by atoms with van der Waals surface area (Å²) in [6.07, 6.45) is 0. The third kappa shape index (κ3) is 4.75. The molecule has 6 nitrogen and oxygen atoms in total. The van der Waals surface area contributed by atoms with E-state index < -0.39 is 0 Å². The summed E-state index contributed by atoms with van der Waals surface area (Å²) in [5.74, 6) is 0. The van der Waals surface area contributed by atoms with Crippen LogP contribution in [0.1, 0.15) is 11.1 Å². The van der Waals surface area contributed by atoms with E-state index in [1.165, 1.54) is 0 Å². The first-order valence-corrected chi connectivity index (χ1v) is 8.81. The Morgan fingerprint density at radius 2 is 1.42 bits per heavy atom. The molecule has 136 valence electrons. The zero-order valence-electron chi connectivity index (χ0n) is 14.9. The average molecular weight is 352 g/mol. The molecular weight excluding hydrogens is 328 g/mol. The topological polar surface area (TPSA) is 64.7 Å². The smallest absolute Gasteiger partial charge is 0.321 e. The summed E-state index contributed by atoms with van der Waals surface area (Å²) in [5, 5.41) is 5.82. The standard InChI is InChI=1S/C20H24N4O2/c1-16-7-9-18(10-8-16)22-20(26)24-13-11-23(12-14-24)19(25)21-15-17-5-3-2-4-6-17/h2-10H,11-15H2,1H3,(H,21,25)(H,22,26). The molecule has 1 aliphatic heterocycles. The lowest BCUT2D eigenvalue weighted by atomic mass is 10.2. The van der Waals surface area contributed by atoms with Crippen LogP contribution in [0.5, 0.6) is 0 Å². The van der Waals surface area contributed by atoms with Crippen LogP contribution in [0, 0.1) is 6.92 Å². The fourth-order valence-corrected chi connectivity index (χ4v) is 2.84. The van der Waals surface area contributed by atoms with Crippen LogP contribution in [0.25, 0.3) is 0 Å². The Morgan fingerprint density at radius 3 is 2.04 bits per heavy atom. The molecule has 2 aromatic rings. The number of carbonyl (C=O) groups is 2. The van der Waals surface area contributed by atoms with E-state index in [0.29, 0.717) is 32.7 Å². The number of nitrogens with one attached hydrogen (secondary N) is 2. The molecule has 0 bridgehead atoms. The predicted octanol–water partition coefficient (Wildman–Crippen LogP) is 3.05. The molecule has 4 amide bonds. The number of hydrogen-bond acceptors (Lipinski definition) is 2. The average Bonchev–Trinajstić information content (AvgIpc) is 2.69. The second-order valence-corrected chi connectivity index (χ2v) is 6.41. The van der Waals surface area contributed by atoms with Crippen LogP contribution in [0.15, 0.2) is 54.6 Å². The third-order valence-corrected chi connectivity index (χ3v) is 4.44. The van der Waals surface area contributed by atoms with E-state index in [1.807, 2.05) is 61.5 Å². The highest BCUT2D eigenvalue weighted by Gasteiger charge is 2.24. The normalized spacial score (nSPS) is 14.0. The molecule has 0 atom stereocenters. The Labute approximate surface area is 153 Å². The summed E-state index contributed by atoms with van der Waals surface area (Å²) in [6.45, 7) is 4.62. The maximum atomic E-state index is 12.3. The molecule has 1 saturated heterocycles. The Balaban J connectivity index is 1.43. The number of urea groups is 2. The van der Waals surface area contributed by atoms with E-state index in [2.05, 4.69) is 10.6 Å². The molecule has 2 aromatic carbocycles. The highest BCUT2D eigenvalue weighted by Crippen LogP contribution is 2.11. The molecule has 2 N–H and O–H groups in total. The molecule has 3 rings (SSSR count). The van der Waals surface area contributed by atoms with Gasteiger partial charge in [-0.3, -0.25) is 0 Å². The molecule has 0 unspecified atom stereocenters. The summed E-state index contributed by atoms with van der Waals surface area (Å²) in [6, 6.07) is 17.3. The first-order chi connectivity index (χ1) is 12.6. The van der Waals surface area contributed by atoms with Crippen LogP contribution >= 0.6 is 0 Å². The van der Waals surface area contributed by atoms with Crippen LogP contribution in [-0.4, -0.2) is 48.0 Å². The number of hydrogen-bond donors (Lipinski definition) is 2. The van der Waals surface area contributed by atoms with E-state index in [0.717, 1.165) is 16.8 Å². The van der Waals surface area contributed by atoms with Gasteiger partial charge in [0.1, 0.15) is 0 Å². The van der Waals surface area contributed by atoms with Gasteiger partial charge in [0.15, 0.2) is 0 Å². The molecule has 1 fully saturated rings. The van der Waals surface area contributed by atoms with Crippen molar-refractivity contribution in [2.45, 2.75) is 13.5 Å². The lowest BCUT2D eigenvalue weighted by Crippen LogP contribution is -2.53. The summed E-state index contributed by atoms with van der Waals surface area (Å²) >= 11 is 0. The summed E-state index contributed by atoms with van der Waals surface area (Å²) in [5.41, 5.74) is 3.00. The SMILES string of the molecule is Cc1ccc(NC(=O)N2CCN(C(=O)NCc3ccccc3)CC2)cc1. The van der Waals surface area contributed by atoms with Crippen molar-refractivity contribution in [2.75, 3.05) is 31.5 Å². The van der Waals surface area contributed by atoms with E-state index in [4.69, 9.17) is 0 Å². The Morgan fingerprint density at radius 1 is 0.846 bits per heavy atom. The van der Waals surface area contributed by atoms with Gasteiger partial charge in [-0.15, -0.1) is 0 Å². The monoisotopic (exact) mass is 352 g/mol. The summed E-state index contributed by atoms with van der Waals surface area (Å²) in [7, 11) is 0. The molecule has 0 radical (unpaired) electrons. The Kier molecular flexibility index (Phi) is 5.73. The number of benzene rings is 2. The van der Waals surface area contributed by atoms with Crippen LogP contribution in [0.2, 0.25) is 0 Å². The lowest BCUT2D eigenvalue weighted by Gasteiger charge is -2.34. The quantitative estimate of drug-likeness (QED) is 0.892. The Bertz CT molecular complexity index is 738. The van der Waals surface area contributed by atoms with Gasteiger partial charge in [-0.2, -0.15) is 0 Å². The van der Waals surface area contributed by atoms with Gasteiger partial charge in [0.2, 0.25) is 0 Å². The number of amides is 4. The highest BCUT2D eigenvalue weighted by atomic mass is 16.2. The summed E-state index contributed by atoms with van der Waals surface area (Å²) in [4.78, 5) is 28.1. The molecule has 1 heterocycles. The van der Waals surface area contributed by atoms with Gasteiger partial charge < -0.3 is 20.4 Å². The molecular formula is C20H24N4O2. The van der Waals surface area contributed by atoms with Crippen LogP contribution < -0.4 is 10.6 Å². The molecule has 1 aliphatic rings. The minimum absolute atomic E-state index is 0.0903. The third-order valence-electron chi connectivity index (χ3n) is 4.44. The van der Waals surface area contributed by atoms with Crippen molar-refractivity contribution < 1.29 is 9.59 Å². The van der Waals surface area contributed by atoms with Crippen molar-refractivity contribution in [2.24, 2.45) is 0 Å². The van der Waals surface area contributed by atoms with Gasteiger partial charge in [0.05, 0.1) is 0 Å². The fraction of sp³-hybridized carbons (Fsp3) is 0.300. The van der Waals surface area contributed by atoms with Gasteiger partial charge >= 0.3 is 12.1 Å². The number of piperazine rings is 1. The second-order valence-electron chi connectivity index (χ2n) is 6.41. The number of rotatable bonds is 3. The largest absolute Gasteiger partial charge is 0.334 e. The van der Waals surface area contributed by atoms with Crippen molar-refractivity contribution in [1.29, 1.82) is 0 Å². The predicted molar refractivity (Wildman–Crippen MR) is 102 cm³/mol. The number of aryl methyl sites for hydroxylation is 1. The van der Waals surface area contributed by atoms with Crippen molar-refractivity contribution >= 4 is 17.7 Å². The minimum atomic E-state index is -0.127. The molecule has 0 aromatic heterocycles. The highest BCUT2D eigenvalue weighted by molar-refractivity contribution is 5.89. The molecule has 26 heavy (non-hydrogen) atoms. The number of anilines is 1. The van der Waals surface area contributed by atoms with Crippen molar-refractivity contribution in [1.82, 2.24) is 15.1 Å². The number of carbonyl (C=O) groups excluding carboxylic acids is 2. The zero-order valence-corrected chi connectivity index (χ0v) is 14.9. The van der Waals surface area contributed by atoms with Crippen molar-refractivity contribution in [3.8, 4) is 0 Å². The minimum Gasteiger partial charge on any atom is -0.334 e. The maximum Gasteiger partial charge on any atom is 0.321 e. The van der Waals surface area contributed by atoms with E-state index in [-0.39, 0.29) is 12.1 Å². The van der Waals surface area contributed by atoms with Gasteiger partial charge in [-0.25, -0.2) is 9.59 Å². The van der Waals surface area contributed by atoms with Crippen LogP contribution in [0.4, 0.5) is 15.3 Å². The first-order valence-electron chi connectivity index (χ1n) is 8.81. The van der Waals surface area contributed by atoms with Crippen molar-refractivity contribution in [3.63, 3.8) is 0 Å². The van der Waals surface area contributed by atoms with Crippen molar-refractivity contribution in [3.05, 3.63) is 65.7 Å². The molecule has 0 aliphatic carbocycles. The second kappa shape index (κ2) is 8.38. The molecule has 0 spiro atoms. The summed E-state index contributed by atoms with van der Waals surface area (Å²) < 4.78 is 0. The van der Waals surface area contributed by atoms with Gasteiger partial charge in [0.25, 0.3) is 0 Å². The zero-order chi connectivity index (χ0) is 18.4. The van der Waals surface area contributed by atoms with Crippen LogP contribution in [-0.2, 0) is 6.54 Å². The fourth-order valence-electron chi connectivity index (χ4n) is 2.84. The maximum absolute atomic E-state index is 12.3. The molecule has 6 heteroatoms. The van der Waals surface area contributed by atoms with E-state index in [1.54, 1.807) is 9.80 Å². The van der Waals surface area contributed by atoms with Gasteiger partial charge in [-0.05, 0) is 24.6 Å². The lowest BCUT2D eigenvalue weighted by molar-refractivity contribution is 0.149. The Hall–Kier alpha value is -3.02. The first kappa shape index (κ1) is 17.8. The van der Waals surface area contributed by atoms with Crippen LogP contribution in [0.3, 0.4) is 0 Å². The number of nitrogens with zero attached hydrogens (tertiary/aromatic N) is 2. The van der Waals surface area contributed by atoms with E-state index in [9.17, 15) is 9.59 Å². The van der Waals surface area contributed by atoms with Gasteiger partial charge in [0, 0.05) is 38.4 Å². The molecule has 0 saturated carbocycles. The van der Waals surface area contributed by atoms with Gasteiger partial charge in [-0.1, -0.05) is 48.0 Å². The van der Waals surface area contributed by atoms with E-state index >= 15 is 0 Å².